The third-order valence-electron chi connectivity index (χ3n) is 6.37. The molecule has 1 aromatic rings. The van der Waals surface area contributed by atoms with Crippen LogP contribution in [0.2, 0.25) is 0 Å². The Hall–Kier alpha value is -1.89. The lowest BCUT2D eigenvalue weighted by atomic mass is 9.93. The van der Waals surface area contributed by atoms with Gasteiger partial charge in [0.1, 0.15) is 18.0 Å². The zero-order valence-electron chi connectivity index (χ0n) is 19.0. The van der Waals surface area contributed by atoms with Crippen LogP contribution in [0.5, 0.6) is 0 Å². The Morgan fingerprint density at radius 1 is 1.13 bits per heavy atom. The van der Waals surface area contributed by atoms with E-state index in [0.29, 0.717) is 18.2 Å². The number of nitrogens with one attached hydrogen (secondary N) is 1. The highest BCUT2D eigenvalue weighted by atomic mass is 16.2. The average molecular weight is 417 g/mol. The first-order valence-corrected chi connectivity index (χ1v) is 12.0. The molecule has 1 atom stereocenters. The standard InChI is InChI=1S/C23H40N6O/c1-3-5-11-27-13-15-28(16-14-27)23(30)9-8-20-7-6-12-29(18-20)22-17-21(24-10-4-2)25-19-26-22/h17,19-20H,3-16,18H2,1-2H3,(H,24,25,26). The van der Waals surface area contributed by atoms with E-state index in [1.165, 1.54) is 25.8 Å². The summed E-state index contributed by atoms with van der Waals surface area (Å²) in [6.07, 6.45) is 9.26. The van der Waals surface area contributed by atoms with Crippen LogP contribution in [0, 0.1) is 5.92 Å². The van der Waals surface area contributed by atoms with Crippen molar-refractivity contribution >= 4 is 17.5 Å². The first-order valence-electron chi connectivity index (χ1n) is 12.0. The second-order valence-corrected chi connectivity index (χ2v) is 8.76. The van der Waals surface area contributed by atoms with Gasteiger partial charge < -0.3 is 15.1 Å². The lowest BCUT2D eigenvalue weighted by Crippen LogP contribution is -2.49. The molecule has 0 aromatic carbocycles. The molecular formula is C23H40N6O. The van der Waals surface area contributed by atoms with Crippen molar-refractivity contribution in [2.75, 3.05) is 62.6 Å². The van der Waals surface area contributed by atoms with E-state index in [-0.39, 0.29) is 0 Å². The van der Waals surface area contributed by atoms with Gasteiger partial charge >= 0.3 is 0 Å². The normalized spacial score (nSPS) is 20.4. The van der Waals surface area contributed by atoms with Crippen molar-refractivity contribution in [3.8, 4) is 0 Å². The van der Waals surface area contributed by atoms with Gasteiger partial charge in [-0.1, -0.05) is 20.3 Å². The maximum Gasteiger partial charge on any atom is 0.222 e. The molecule has 1 N–H and O–H groups in total. The number of amides is 1. The summed E-state index contributed by atoms with van der Waals surface area (Å²) in [5.74, 6) is 2.81. The summed E-state index contributed by atoms with van der Waals surface area (Å²) in [7, 11) is 0. The molecule has 3 rings (SSSR count). The maximum absolute atomic E-state index is 12.7. The quantitative estimate of drug-likeness (QED) is 0.632. The third kappa shape index (κ3) is 6.83. The average Bonchev–Trinajstić information content (AvgIpc) is 2.80. The lowest BCUT2D eigenvalue weighted by molar-refractivity contribution is -0.133. The molecule has 0 aliphatic carbocycles. The number of aromatic nitrogens is 2. The van der Waals surface area contributed by atoms with Crippen molar-refractivity contribution in [2.45, 2.75) is 58.8 Å². The number of rotatable bonds is 10. The first kappa shape index (κ1) is 22.8. The van der Waals surface area contributed by atoms with Crippen molar-refractivity contribution < 1.29 is 4.79 Å². The minimum atomic E-state index is 0.343. The van der Waals surface area contributed by atoms with E-state index < -0.39 is 0 Å². The number of carbonyl (C=O) groups excluding carboxylic acids is 1. The van der Waals surface area contributed by atoms with Gasteiger partial charge in [-0.2, -0.15) is 0 Å². The number of hydrogen-bond donors (Lipinski definition) is 1. The van der Waals surface area contributed by atoms with Crippen LogP contribution in [0.4, 0.5) is 11.6 Å². The molecule has 0 spiro atoms. The van der Waals surface area contributed by atoms with E-state index in [0.717, 1.165) is 76.7 Å². The van der Waals surface area contributed by atoms with Crippen molar-refractivity contribution in [1.82, 2.24) is 19.8 Å². The van der Waals surface area contributed by atoms with Gasteiger partial charge in [-0.3, -0.25) is 9.69 Å². The Morgan fingerprint density at radius 2 is 1.97 bits per heavy atom. The fraction of sp³-hybridized carbons (Fsp3) is 0.783. The minimum absolute atomic E-state index is 0.343. The van der Waals surface area contributed by atoms with E-state index in [9.17, 15) is 4.79 Å². The van der Waals surface area contributed by atoms with Crippen LogP contribution in [-0.4, -0.2) is 78.0 Å². The van der Waals surface area contributed by atoms with Gasteiger partial charge in [0.15, 0.2) is 0 Å². The summed E-state index contributed by atoms with van der Waals surface area (Å²) in [5.41, 5.74) is 0. The smallest absolute Gasteiger partial charge is 0.222 e. The van der Waals surface area contributed by atoms with Crippen molar-refractivity contribution in [3.63, 3.8) is 0 Å². The number of nitrogens with zero attached hydrogens (tertiary/aromatic N) is 5. The van der Waals surface area contributed by atoms with Crippen LogP contribution in [0.1, 0.15) is 58.8 Å². The molecule has 1 unspecified atom stereocenters. The highest BCUT2D eigenvalue weighted by Gasteiger charge is 2.24. The third-order valence-corrected chi connectivity index (χ3v) is 6.37. The van der Waals surface area contributed by atoms with Gasteiger partial charge in [-0.15, -0.1) is 0 Å². The van der Waals surface area contributed by atoms with Gasteiger partial charge in [0.25, 0.3) is 0 Å². The summed E-state index contributed by atoms with van der Waals surface area (Å²) in [6.45, 7) is 12.4. The topological polar surface area (TPSA) is 64.6 Å². The molecule has 0 radical (unpaired) electrons. The number of hydrogen-bond acceptors (Lipinski definition) is 6. The second kappa shape index (κ2) is 12.1. The molecule has 2 aliphatic rings. The molecule has 2 saturated heterocycles. The van der Waals surface area contributed by atoms with Crippen LogP contribution in [0.3, 0.4) is 0 Å². The molecule has 7 heteroatoms. The molecule has 30 heavy (non-hydrogen) atoms. The van der Waals surface area contributed by atoms with Gasteiger partial charge in [0.05, 0.1) is 0 Å². The number of anilines is 2. The zero-order chi connectivity index (χ0) is 21.2. The predicted octanol–water partition coefficient (Wildman–Crippen LogP) is 3.24. The van der Waals surface area contributed by atoms with E-state index >= 15 is 0 Å². The largest absolute Gasteiger partial charge is 0.370 e. The van der Waals surface area contributed by atoms with E-state index in [4.69, 9.17) is 0 Å². The Morgan fingerprint density at radius 3 is 2.73 bits per heavy atom. The number of piperazine rings is 1. The van der Waals surface area contributed by atoms with Crippen LogP contribution in [-0.2, 0) is 4.79 Å². The molecule has 0 bridgehead atoms. The minimum Gasteiger partial charge on any atom is -0.370 e. The highest BCUT2D eigenvalue weighted by Crippen LogP contribution is 2.26. The van der Waals surface area contributed by atoms with Crippen LogP contribution >= 0.6 is 0 Å². The Balaban J connectivity index is 1.42. The Bertz CT molecular complexity index is 646. The summed E-state index contributed by atoms with van der Waals surface area (Å²) in [4.78, 5) is 28.5. The first-order chi connectivity index (χ1) is 14.7. The molecule has 1 aromatic heterocycles. The SMILES string of the molecule is CCCCN1CCN(C(=O)CCC2CCCN(c3cc(NCCC)ncn3)C2)CC1. The van der Waals surface area contributed by atoms with Crippen LogP contribution in [0.15, 0.2) is 12.4 Å². The van der Waals surface area contributed by atoms with E-state index in [2.05, 4.69) is 49.9 Å². The number of unbranched alkanes of at least 4 members (excludes halogenated alkanes) is 1. The molecule has 3 heterocycles. The zero-order valence-corrected chi connectivity index (χ0v) is 19.0. The van der Waals surface area contributed by atoms with Crippen molar-refractivity contribution in [2.24, 2.45) is 5.92 Å². The molecular weight excluding hydrogens is 376 g/mol. The fourth-order valence-corrected chi connectivity index (χ4v) is 4.47. The summed E-state index contributed by atoms with van der Waals surface area (Å²) in [5, 5.41) is 3.34. The lowest BCUT2D eigenvalue weighted by Gasteiger charge is -2.36. The number of piperidine rings is 1. The molecule has 168 valence electrons. The predicted molar refractivity (Wildman–Crippen MR) is 123 cm³/mol. The molecule has 2 fully saturated rings. The molecule has 7 nitrogen and oxygen atoms in total. The van der Waals surface area contributed by atoms with Gasteiger partial charge in [-0.25, -0.2) is 9.97 Å². The van der Waals surface area contributed by atoms with Crippen LogP contribution < -0.4 is 10.2 Å². The van der Waals surface area contributed by atoms with Gasteiger partial charge in [0, 0.05) is 58.3 Å². The maximum atomic E-state index is 12.7. The summed E-state index contributed by atoms with van der Waals surface area (Å²) >= 11 is 0. The second-order valence-electron chi connectivity index (χ2n) is 8.76. The van der Waals surface area contributed by atoms with Crippen LogP contribution in [0.25, 0.3) is 0 Å². The Labute approximate surface area is 182 Å². The van der Waals surface area contributed by atoms with Gasteiger partial charge in [-0.05, 0) is 44.6 Å². The van der Waals surface area contributed by atoms with Crippen molar-refractivity contribution in [1.29, 1.82) is 0 Å². The van der Waals surface area contributed by atoms with E-state index in [1.807, 2.05) is 0 Å². The van der Waals surface area contributed by atoms with Crippen molar-refractivity contribution in [3.05, 3.63) is 12.4 Å². The molecule has 1 amide bonds. The fourth-order valence-electron chi connectivity index (χ4n) is 4.47. The summed E-state index contributed by atoms with van der Waals surface area (Å²) in [6, 6.07) is 2.06. The van der Waals surface area contributed by atoms with E-state index in [1.54, 1.807) is 6.33 Å². The summed E-state index contributed by atoms with van der Waals surface area (Å²) < 4.78 is 0. The molecule has 2 aliphatic heterocycles. The Kier molecular flexibility index (Phi) is 9.18. The number of carbonyl (C=O) groups is 1. The molecule has 0 saturated carbocycles. The van der Waals surface area contributed by atoms with Gasteiger partial charge in [0.2, 0.25) is 5.91 Å². The monoisotopic (exact) mass is 416 g/mol. The highest BCUT2D eigenvalue weighted by molar-refractivity contribution is 5.76.